The molecule has 2 N–H and O–H groups in total. The number of aromatic nitrogens is 1. The molecule has 1 aliphatic rings. The second-order valence-electron chi connectivity index (χ2n) is 5.33. The summed E-state index contributed by atoms with van der Waals surface area (Å²) in [6, 6.07) is 17.4. The first kappa shape index (κ1) is 13.3. The number of nitrogens with zero attached hydrogens (tertiary/aromatic N) is 2. The smallest absolute Gasteiger partial charge is 0.251 e. The van der Waals surface area contributed by atoms with Crippen LogP contribution in [0.4, 0.5) is 5.13 Å². The van der Waals surface area contributed by atoms with Crippen molar-refractivity contribution in [3.8, 4) is 0 Å². The number of fused-ring (bicyclic) bond motifs is 1. The van der Waals surface area contributed by atoms with Gasteiger partial charge >= 0.3 is 0 Å². The van der Waals surface area contributed by atoms with Crippen LogP contribution < -0.4 is 10.6 Å². The number of hydrogen-bond donors (Lipinski definition) is 1. The molecule has 2 aromatic carbocycles. The Labute approximate surface area is 132 Å². The first-order valence-electron chi connectivity index (χ1n) is 7.16. The maximum atomic E-state index is 11.5. The second-order valence-corrected chi connectivity index (χ2v) is 6.34. The molecule has 3 aromatic rings. The normalized spacial score (nSPS) is 17.5. The zero-order chi connectivity index (χ0) is 15.1. The number of amides is 1. The van der Waals surface area contributed by atoms with Crippen LogP contribution in [0.25, 0.3) is 10.2 Å². The highest BCUT2D eigenvalue weighted by Crippen LogP contribution is 2.41. The SMILES string of the molecule is NC(=O)c1[c]ccc2sc(N3CCC3c3ccccc3)nc12. The standard InChI is InChI=1S/C17H14N3OS/c18-16(21)12-7-4-8-14-15(12)19-17(22-14)20-10-9-13(20)11-5-2-1-3-6-11/h1-6,8,13H,9-10H2,(H2,18,21). The van der Waals surface area contributed by atoms with Gasteiger partial charge < -0.3 is 10.6 Å². The Balaban J connectivity index is 1.73. The molecule has 1 aliphatic heterocycles. The molecule has 22 heavy (non-hydrogen) atoms. The molecular formula is C17H14N3OS. The van der Waals surface area contributed by atoms with Gasteiger partial charge in [-0.05, 0) is 24.1 Å². The third kappa shape index (κ3) is 2.05. The summed E-state index contributed by atoms with van der Waals surface area (Å²) in [5.41, 5.74) is 7.74. The molecule has 1 aromatic heterocycles. The second kappa shape index (κ2) is 5.10. The van der Waals surface area contributed by atoms with Crippen molar-refractivity contribution in [2.24, 2.45) is 5.73 Å². The lowest BCUT2D eigenvalue weighted by Crippen LogP contribution is -2.40. The van der Waals surface area contributed by atoms with Gasteiger partial charge in [-0.15, -0.1) is 0 Å². The van der Waals surface area contributed by atoms with Crippen molar-refractivity contribution in [2.75, 3.05) is 11.4 Å². The quantitative estimate of drug-likeness (QED) is 0.808. The van der Waals surface area contributed by atoms with Crippen molar-refractivity contribution < 1.29 is 4.79 Å². The van der Waals surface area contributed by atoms with Gasteiger partial charge in [-0.3, -0.25) is 4.79 Å². The molecule has 1 fully saturated rings. The summed E-state index contributed by atoms with van der Waals surface area (Å²) in [7, 11) is 0. The molecule has 0 aliphatic carbocycles. The Morgan fingerprint density at radius 2 is 2.14 bits per heavy atom. The third-order valence-electron chi connectivity index (χ3n) is 4.04. The minimum absolute atomic E-state index is 0.364. The van der Waals surface area contributed by atoms with Crippen LogP contribution in [0, 0.1) is 6.07 Å². The average Bonchev–Trinajstić information content (AvgIpc) is 2.89. The largest absolute Gasteiger partial charge is 0.366 e. The number of hydrogen-bond acceptors (Lipinski definition) is 4. The van der Waals surface area contributed by atoms with Gasteiger partial charge in [0, 0.05) is 6.54 Å². The third-order valence-corrected chi connectivity index (χ3v) is 5.10. The van der Waals surface area contributed by atoms with Gasteiger partial charge in [-0.2, -0.15) is 0 Å². The fraction of sp³-hybridized carbons (Fsp3) is 0.176. The van der Waals surface area contributed by atoms with Gasteiger partial charge in [-0.25, -0.2) is 4.98 Å². The van der Waals surface area contributed by atoms with E-state index in [9.17, 15) is 4.79 Å². The summed E-state index contributed by atoms with van der Waals surface area (Å²) in [6.45, 7) is 0.981. The number of carbonyl (C=O) groups is 1. The number of thiazole rings is 1. The molecule has 1 radical (unpaired) electrons. The Morgan fingerprint density at radius 1 is 1.32 bits per heavy atom. The average molecular weight is 308 g/mol. The van der Waals surface area contributed by atoms with E-state index in [1.807, 2.05) is 12.1 Å². The van der Waals surface area contributed by atoms with Crippen molar-refractivity contribution >= 4 is 32.6 Å². The minimum Gasteiger partial charge on any atom is -0.366 e. The number of carbonyl (C=O) groups excluding carboxylic acids is 1. The fourth-order valence-corrected chi connectivity index (χ4v) is 3.88. The van der Waals surface area contributed by atoms with E-state index < -0.39 is 5.91 Å². The molecule has 1 unspecified atom stereocenters. The van der Waals surface area contributed by atoms with Crippen molar-refractivity contribution in [2.45, 2.75) is 12.5 Å². The predicted molar refractivity (Wildman–Crippen MR) is 88.1 cm³/mol. The van der Waals surface area contributed by atoms with E-state index in [2.05, 4.69) is 40.2 Å². The molecule has 0 spiro atoms. The molecule has 1 amide bonds. The van der Waals surface area contributed by atoms with E-state index in [4.69, 9.17) is 5.73 Å². The highest BCUT2D eigenvalue weighted by molar-refractivity contribution is 7.22. The lowest BCUT2D eigenvalue weighted by atomic mass is 9.96. The molecule has 4 nitrogen and oxygen atoms in total. The van der Waals surface area contributed by atoms with Crippen LogP contribution in [0.15, 0.2) is 42.5 Å². The zero-order valence-electron chi connectivity index (χ0n) is 11.8. The summed E-state index contributed by atoms with van der Waals surface area (Å²) in [4.78, 5) is 18.4. The monoisotopic (exact) mass is 308 g/mol. The van der Waals surface area contributed by atoms with E-state index in [0.29, 0.717) is 17.1 Å². The highest BCUT2D eigenvalue weighted by Gasteiger charge is 2.31. The van der Waals surface area contributed by atoms with Crippen LogP contribution in [0.5, 0.6) is 0 Å². The van der Waals surface area contributed by atoms with Crippen LogP contribution in [-0.2, 0) is 0 Å². The van der Waals surface area contributed by atoms with Gasteiger partial charge in [0.2, 0.25) is 0 Å². The Hall–Kier alpha value is -2.40. The van der Waals surface area contributed by atoms with Crippen LogP contribution in [0.3, 0.4) is 0 Å². The Morgan fingerprint density at radius 3 is 2.82 bits per heavy atom. The molecule has 4 rings (SSSR count). The van der Waals surface area contributed by atoms with Gasteiger partial charge in [0.05, 0.1) is 21.8 Å². The zero-order valence-corrected chi connectivity index (χ0v) is 12.6. The molecule has 2 heterocycles. The highest BCUT2D eigenvalue weighted by atomic mass is 32.1. The number of primary amides is 1. The van der Waals surface area contributed by atoms with Crippen LogP contribution in [-0.4, -0.2) is 17.4 Å². The van der Waals surface area contributed by atoms with E-state index >= 15 is 0 Å². The molecule has 1 atom stereocenters. The number of rotatable bonds is 3. The Bertz CT molecular complexity index is 843. The first-order valence-corrected chi connectivity index (χ1v) is 7.98. The molecule has 0 saturated carbocycles. The van der Waals surface area contributed by atoms with Crippen molar-refractivity contribution in [1.29, 1.82) is 0 Å². The maximum Gasteiger partial charge on any atom is 0.251 e. The van der Waals surface area contributed by atoms with Gasteiger partial charge in [0.25, 0.3) is 5.91 Å². The molecule has 109 valence electrons. The van der Waals surface area contributed by atoms with Crippen molar-refractivity contribution in [1.82, 2.24) is 4.98 Å². The summed E-state index contributed by atoms with van der Waals surface area (Å²) < 4.78 is 0.973. The van der Waals surface area contributed by atoms with Crippen molar-refractivity contribution in [3.05, 3.63) is 59.7 Å². The molecule has 0 bridgehead atoms. The number of anilines is 1. The lowest BCUT2D eigenvalue weighted by molar-refractivity contribution is 0.100. The summed E-state index contributed by atoms with van der Waals surface area (Å²) in [6.07, 6.45) is 1.12. The lowest BCUT2D eigenvalue weighted by Gasteiger charge is -2.41. The molecular weight excluding hydrogens is 294 g/mol. The summed E-state index contributed by atoms with van der Waals surface area (Å²) in [5, 5.41) is 0.942. The Kier molecular flexibility index (Phi) is 3.08. The van der Waals surface area contributed by atoms with Crippen molar-refractivity contribution in [3.63, 3.8) is 0 Å². The number of nitrogens with two attached hydrogens (primary N) is 1. The van der Waals surface area contributed by atoms with Gasteiger partial charge in [-0.1, -0.05) is 47.7 Å². The van der Waals surface area contributed by atoms with Crippen LogP contribution in [0.1, 0.15) is 28.4 Å². The molecule has 5 heteroatoms. The van der Waals surface area contributed by atoms with E-state index in [1.165, 1.54) is 5.56 Å². The van der Waals surface area contributed by atoms with E-state index in [0.717, 1.165) is 22.8 Å². The van der Waals surface area contributed by atoms with Gasteiger partial charge in [0.1, 0.15) is 0 Å². The minimum atomic E-state index is -0.481. The number of benzene rings is 2. The van der Waals surface area contributed by atoms with E-state index in [1.54, 1.807) is 17.4 Å². The molecule has 1 saturated heterocycles. The topological polar surface area (TPSA) is 59.2 Å². The predicted octanol–water partition coefficient (Wildman–Crippen LogP) is 3.15. The van der Waals surface area contributed by atoms with Crippen LogP contribution in [0.2, 0.25) is 0 Å². The van der Waals surface area contributed by atoms with E-state index in [-0.39, 0.29) is 0 Å². The van der Waals surface area contributed by atoms with Gasteiger partial charge in [0.15, 0.2) is 5.13 Å². The summed E-state index contributed by atoms with van der Waals surface area (Å²) in [5.74, 6) is -0.481. The summed E-state index contributed by atoms with van der Waals surface area (Å²) >= 11 is 1.60. The van der Waals surface area contributed by atoms with Crippen LogP contribution >= 0.6 is 11.3 Å². The fourth-order valence-electron chi connectivity index (χ4n) is 2.83. The maximum absolute atomic E-state index is 11.5. The first-order chi connectivity index (χ1) is 10.7.